The molecule has 0 aromatic carbocycles. The van der Waals surface area contributed by atoms with Gasteiger partial charge in [0.2, 0.25) is 23.6 Å². The summed E-state index contributed by atoms with van der Waals surface area (Å²) in [6.07, 6.45) is -0.474. The van der Waals surface area contributed by atoms with Crippen LogP contribution in [-0.4, -0.2) is 135 Å². The van der Waals surface area contributed by atoms with Crippen molar-refractivity contribution in [3.63, 3.8) is 0 Å². The molecule has 0 aliphatic heterocycles. The number of phosphoric ester groups is 2. The van der Waals surface area contributed by atoms with Gasteiger partial charge in [0, 0.05) is 19.6 Å². The van der Waals surface area contributed by atoms with Crippen LogP contribution in [0.1, 0.15) is 38.5 Å². The van der Waals surface area contributed by atoms with Crippen molar-refractivity contribution >= 4 is 63.1 Å². The standard InChI is InChI=1S/C24H50N14O14P2/c25-12(10-51-53(45,46)47)17(39)35-13(4-1-7-32-22(26)27)19(41)38-16(11-52-54(48,49)50)20(42)36-14(5-2-8-33-23(28)29)18(40)37-15(21(43)44)6-3-9-34-24(30)31/h12-16H,1-11,25H2,(H,35,39)(H,36,42)(H,37,40)(H,38,41)(H,43,44)(H4,26,27,32)(H4,28,29,33)(H4,30,31,34)(H2,45,46,47)(H2,48,49,50)/t12-,13-,14-,15-,16-/m0/s1. The molecule has 30 heteroatoms. The molecule has 0 unspecified atom stereocenters. The summed E-state index contributed by atoms with van der Waals surface area (Å²) < 4.78 is 31.2. The Morgan fingerprint density at radius 3 is 1.22 bits per heavy atom. The maximum Gasteiger partial charge on any atom is 0.469 e. The molecule has 0 bridgehead atoms. The average molecular weight is 821 g/mol. The van der Waals surface area contributed by atoms with Crippen LogP contribution in [-0.2, 0) is 42.2 Å². The number of hydrogen-bond acceptors (Lipinski definition) is 13. The molecule has 0 rings (SSSR count). The lowest BCUT2D eigenvalue weighted by Gasteiger charge is -2.26. The van der Waals surface area contributed by atoms with Gasteiger partial charge in [-0.3, -0.25) is 43.2 Å². The normalized spacial score (nSPS) is 14.2. The van der Waals surface area contributed by atoms with Crippen LogP contribution >= 0.6 is 15.6 Å². The predicted octanol–water partition coefficient (Wildman–Crippen LogP) is -7.28. The molecule has 0 aromatic rings. The minimum Gasteiger partial charge on any atom is -0.480 e. The largest absolute Gasteiger partial charge is 0.480 e. The second-order valence-electron chi connectivity index (χ2n) is 11.1. The Labute approximate surface area is 308 Å². The Kier molecular flexibility index (Phi) is 22.5. The van der Waals surface area contributed by atoms with Gasteiger partial charge in [-0.2, -0.15) is 0 Å². The molecule has 310 valence electrons. The van der Waals surface area contributed by atoms with Crippen LogP contribution in [0.2, 0.25) is 0 Å². The number of carbonyl (C=O) groups is 5. The highest BCUT2D eigenvalue weighted by molar-refractivity contribution is 7.46. The van der Waals surface area contributed by atoms with Crippen LogP contribution < -0.4 is 61.4 Å². The first-order chi connectivity index (χ1) is 24.9. The molecule has 0 aliphatic carbocycles. The first-order valence-corrected chi connectivity index (χ1v) is 18.7. The Hall–Kier alpha value is -4.66. The van der Waals surface area contributed by atoms with Gasteiger partial charge in [0.05, 0.1) is 13.2 Å². The lowest BCUT2D eigenvalue weighted by atomic mass is 10.1. The van der Waals surface area contributed by atoms with Crippen molar-refractivity contribution in [1.29, 1.82) is 0 Å². The third kappa shape index (κ3) is 24.6. The maximum absolute atomic E-state index is 13.5. The van der Waals surface area contributed by atoms with Crippen LogP contribution in [0.5, 0.6) is 0 Å². The number of nitrogens with two attached hydrogens (primary N) is 7. The lowest BCUT2D eigenvalue weighted by molar-refractivity contribution is -0.142. The van der Waals surface area contributed by atoms with Crippen LogP contribution in [0.3, 0.4) is 0 Å². The molecule has 4 amide bonds. The maximum atomic E-state index is 13.5. The van der Waals surface area contributed by atoms with Crippen molar-refractivity contribution < 1.29 is 66.8 Å². The van der Waals surface area contributed by atoms with E-state index in [2.05, 4.69) is 45.3 Å². The third-order valence-electron chi connectivity index (χ3n) is 6.52. The second-order valence-corrected chi connectivity index (χ2v) is 13.6. The minimum absolute atomic E-state index is 0.00900. The van der Waals surface area contributed by atoms with Gasteiger partial charge in [-0.1, -0.05) is 0 Å². The zero-order valence-electron chi connectivity index (χ0n) is 28.9. The van der Waals surface area contributed by atoms with E-state index < -0.39 is 88.7 Å². The van der Waals surface area contributed by atoms with Gasteiger partial charge in [-0.15, -0.1) is 0 Å². The Morgan fingerprint density at radius 1 is 0.537 bits per heavy atom. The lowest BCUT2D eigenvalue weighted by Crippen LogP contribution is -2.59. The Balaban J connectivity index is 6.36. The van der Waals surface area contributed by atoms with E-state index in [9.17, 15) is 48.0 Å². The van der Waals surface area contributed by atoms with Crippen molar-refractivity contribution in [3.05, 3.63) is 0 Å². The summed E-state index contributed by atoms with van der Waals surface area (Å²) in [5.41, 5.74) is 37.3. The number of carboxylic acid groups (broad SMARTS) is 1. The van der Waals surface area contributed by atoms with Crippen molar-refractivity contribution in [1.82, 2.24) is 21.3 Å². The molecule has 0 spiro atoms. The van der Waals surface area contributed by atoms with E-state index in [1.54, 1.807) is 0 Å². The topological polar surface area (TPSA) is 506 Å². The van der Waals surface area contributed by atoms with Gasteiger partial charge in [0.25, 0.3) is 0 Å². The first-order valence-electron chi connectivity index (χ1n) is 15.7. The molecule has 5 atom stereocenters. The summed E-state index contributed by atoms with van der Waals surface area (Å²) in [5.74, 6) is -6.90. The molecule has 0 radical (unpaired) electrons. The molecule has 28 nitrogen and oxygen atoms in total. The van der Waals surface area contributed by atoms with Gasteiger partial charge in [-0.05, 0) is 38.5 Å². The molecule has 54 heavy (non-hydrogen) atoms. The van der Waals surface area contributed by atoms with E-state index in [0.29, 0.717) is 0 Å². The number of aliphatic imine (C=N–C) groups is 3. The van der Waals surface area contributed by atoms with Gasteiger partial charge < -0.3 is 86.1 Å². The van der Waals surface area contributed by atoms with E-state index >= 15 is 0 Å². The van der Waals surface area contributed by atoms with E-state index in [-0.39, 0.29) is 76.0 Å². The van der Waals surface area contributed by atoms with E-state index in [0.717, 1.165) is 0 Å². The van der Waals surface area contributed by atoms with Gasteiger partial charge in [0.15, 0.2) is 17.9 Å². The van der Waals surface area contributed by atoms with Crippen LogP contribution in [0.15, 0.2) is 15.0 Å². The van der Waals surface area contributed by atoms with E-state index in [1.807, 2.05) is 0 Å². The molecule has 0 heterocycles. The molecular weight excluding hydrogens is 770 g/mol. The number of phosphoric acid groups is 2. The molecular formula is C24H50N14O14P2. The Bertz CT molecular complexity index is 1440. The summed E-state index contributed by atoms with van der Waals surface area (Å²) in [6.45, 7) is -2.26. The number of rotatable bonds is 27. The molecule has 0 fully saturated rings. The number of nitrogens with zero attached hydrogens (tertiary/aromatic N) is 3. The number of aliphatic carboxylic acids is 1. The van der Waals surface area contributed by atoms with Gasteiger partial charge in [0.1, 0.15) is 30.2 Å². The van der Waals surface area contributed by atoms with Crippen molar-refractivity contribution in [2.75, 3.05) is 32.8 Å². The highest BCUT2D eigenvalue weighted by atomic mass is 31.2. The molecule has 0 aromatic heterocycles. The highest BCUT2D eigenvalue weighted by Crippen LogP contribution is 2.36. The smallest absolute Gasteiger partial charge is 0.469 e. The van der Waals surface area contributed by atoms with E-state index in [1.165, 1.54) is 0 Å². The molecule has 23 N–H and O–H groups in total. The summed E-state index contributed by atoms with van der Waals surface area (Å²) in [5, 5.41) is 18.5. The van der Waals surface area contributed by atoms with E-state index in [4.69, 9.17) is 49.9 Å². The molecule has 0 saturated carbocycles. The number of hydrogen-bond donors (Lipinski definition) is 16. The number of nitrogens with one attached hydrogen (secondary N) is 4. The zero-order chi connectivity index (χ0) is 41.6. The summed E-state index contributed by atoms with van der Waals surface area (Å²) in [4.78, 5) is 112. The predicted molar refractivity (Wildman–Crippen MR) is 189 cm³/mol. The van der Waals surface area contributed by atoms with Crippen LogP contribution in [0.4, 0.5) is 0 Å². The fourth-order valence-corrected chi connectivity index (χ4v) is 4.71. The number of carboxylic acids is 1. The SMILES string of the molecule is NC(N)=NCCC[C@H](NC(=O)[C@H](CCCN=C(N)N)NC(=O)[C@H](COP(=O)(O)O)NC(=O)[C@H](CCCN=C(N)N)NC(=O)[C@@H](N)COP(=O)(O)O)C(=O)O. The highest BCUT2D eigenvalue weighted by Gasteiger charge is 2.33. The van der Waals surface area contributed by atoms with Gasteiger partial charge >= 0.3 is 21.6 Å². The fraction of sp³-hybridized carbons (Fsp3) is 0.667. The quantitative estimate of drug-likeness (QED) is 0.0158. The summed E-state index contributed by atoms with van der Waals surface area (Å²) >= 11 is 0. The minimum atomic E-state index is -5.29. The number of guanidine groups is 3. The van der Waals surface area contributed by atoms with Crippen molar-refractivity contribution in [3.8, 4) is 0 Å². The van der Waals surface area contributed by atoms with Gasteiger partial charge in [-0.25, -0.2) is 13.9 Å². The molecule has 0 saturated heterocycles. The van der Waals surface area contributed by atoms with Crippen LogP contribution in [0, 0.1) is 0 Å². The zero-order valence-corrected chi connectivity index (χ0v) is 30.6. The number of carbonyl (C=O) groups excluding carboxylic acids is 4. The first kappa shape index (κ1) is 49.3. The second kappa shape index (κ2) is 24.6. The monoisotopic (exact) mass is 820 g/mol. The molecule has 0 aliphatic rings. The summed E-state index contributed by atoms with van der Waals surface area (Å²) in [7, 11) is -10.3. The van der Waals surface area contributed by atoms with Crippen molar-refractivity contribution in [2.24, 2.45) is 55.1 Å². The Morgan fingerprint density at radius 2 is 0.852 bits per heavy atom. The third-order valence-corrected chi connectivity index (χ3v) is 7.49. The summed E-state index contributed by atoms with van der Waals surface area (Å²) in [6, 6.07) is -8.34. The van der Waals surface area contributed by atoms with Crippen molar-refractivity contribution in [2.45, 2.75) is 68.7 Å². The average Bonchev–Trinajstić information content (AvgIpc) is 3.04. The fourth-order valence-electron chi connectivity index (χ4n) is 4.01. The van der Waals surface area contributed by atoms with Crippen LogP contribution in [0.25, 0.3) is 0 Å². The number of amides is 4.